The van der Waals surface area contributed by atoms with Gasteiger partial charge in [0.1, 0.15) is 6.61 Å². The van der Waals surface area contributed by atoms with E-state index < -0.39 is 23.8 Å². The second kappa shape index (κ2) is 14.2. The van der Waals surface area contributed by atoms with Gasteiger partial charge in [0.15, 0.2) is 0 Å². The average Bonchev–Trinajstić information content (AvgIpc) is 2.61. The van der Waals surface area contributed by atoms with Crippen LogP contribution in [0.1, 0.15) is 13.8 Å². The second-order valence-electron chi connectivity index (χ2n) is 4.83. The number of hydrogen-bond donors (Lipinski definition) is 2. The van der Waals surface area contributed by atoms with Crippen molar-refractivity contribution in [1.29, 1.82) is 5.26 Å². The van der Waals surface area contributed by atoms with E-state index >= 15 is 0 Å². The zero-order chi connectivity index (χ0) is 20.7. The molecule has 1 atom stereocenters. The SMILES string of the molecule is C=C(C(=O)OC)C(C=CC#N)C=C(C)C(=O)O.C=C(C)C(=O)OCCO. The molecule has 8 nitrogen and oxygen atoms in total. The number of ether oxygens (including phenoxy) is 2. The summed E-state index contributed by atoms with van der Waals surface area (Å²) in [5.41, 5.74) is 0.477. The molecule has 0 rings (SSSR count). The summed E-state index contributed by atoms with van der Waals surface area (Å²) in [6.07, 6.45) is 3.87. The lowest BCUT2D eigenvalue weighted by atomic mass is 9.97. The van der Waals surface area contributed by atoms with Crippen molar-refractivity contribution < 1.29 is 34.1 Å². The van der Waals surface area contributed by atoms with Crippen molar-refractivity contribution in [1.82, 2.24) is 0 Å². The molecule has 142 valence electrons. The number of hydrogen-bond acceptors (Lipinski definition) is 7. The molecule has 0 aliphatic heterocycles. The third kappa shape index (κ3) is 11.4. The first kappa shape index (κ1) is 25.1. The molecule has 0 bridgehead atoms. The third-order valence-electron chi connectivity index (χ3n) is 2.67. The Labute approximate surface area is 152 Å². The minimum absolute atomic E-state index is 0.0473. The highest BCUT2D eigenvalue weighted by atomic mass is 16.5. The minimum Gasteiger partial charge on any atom is -0.478 e. The van der Waals surface area contributed by atoms with Gasteiger partial charge in [-0.05, 0) is 13.8 Å². The Balaban J connectivity index is 0. The van der Waals surface area contributed by atoms with Crippen LogP contribution in [0, 0.1) is 17.2 Å². The fourth-order valence-electron chi connectivity index (χ4n) is 1.29. The highest BCUT2D eigenvalue weighted by Gasteiger charge is 2.16. The van der Waals surface area contributed by atoms with Crippen LogP contribution in [-0.4, -0.2) is 48.4 Å². The van der Waals surface area contributed by atoms with Crippen molar-refractivity contribution in [2.75, 3.05) is 20.3 Å². The second-order valence-corrected chi connectivity index (χ2v) is 4.83. The molecule has 0 fully saturated rings. The standard InChI is InChI=1S/C12H13NO4.C6H10O3/c1-8(11(14)15)7-10(5-4-6-13)9(2)12(16)17-3;1-5(2)6(8)9-4-3-7/h4-5,7,10H,2H2,1,3H3,(H,14,15);7H,1,3-4H2,2H3. The molecule has 0 saturated heterocycles. The molecule has 0 amide bonds. The number of carbonyl (C=O) groups excluding carboxylic acids is 2. The number of aliphatic carboxylic acids is 1. The Hall–Kier alpha value is -3.18. The van der Waals surface area contributed by atoms with E-state index in [2.05, 4.69) is 22.6 Å². The molecule has 0 radical (unpaired) electrons. The van der Waals surface area contributed by atoms with Crippen molar-refractivity contribution in [2.45, 2.75) is 13.8 Å². The molecule has 0 spiro atoms. The van der Waals surface area contributed by atoms with Crippen LogP contribution in [0.25, 0.3) is 0 Å². The van der Waals surface area contributed by atoms with Gasteiger partial charge in [-0.1, -0.05) is 25.3 Å². The number of nitrogens with zero attached hydrogens (tertiary/aromatic N) is 1. The van der Waals surface area contributed by atoms with E-state index in [0.29, 0.717) is 5.57 Å². The Morgan fingerprint density at radius 1 is 1.23 bits per heavy atom. The Morgan fingerprint density at radius 3 is 2.19 bits per heavy atom. The number of carboxylic acid groups (broad SMARTS) is 1. The normalized spacial score (nSPS) is 11.4. The van der Waals surface area contributed by atoms with Gasteiger partial charge in [-0.2, -0.15) is 5.26 Å². The van der Waals surface area contributed by atoms with Crippen molar-refractivity contribution in [3.8, 4) is 6.07 Å². The van der Waals surface area contributed by atoms with E-state index in [4.69, 9.17) is 15.5 Å². The molecule has 0 aromatic heterocycles. The lowest BCUT2D eigenvalue weighted by Crippen LogP contribution is -2.12. The highest BCUT2D eigenvalue weighted by Crippen LogP contribution is 2.16. The van der Waals surface area contributed by atoms with E-state index in [0.717, 1.165) is 6.08 Å². The van der Waals surface area contributed by atoms with Gasteiger partial charge in [-0.25, -0.2) is 14.4 Å². The lowest BCUT2D eigenvalue weighted by Gasteiger charge is -2.10. The average molecular weight is 365 g/mol. The molecular weight excluding hydrogens is 342 g/mol. The van der Waals surface area contributed by atoms with Gasteiger partial charge in [0.25, 0.3) is 0 Å². The largest absolute Gasteiger partial charge is 0.478 e. The van der Waals surface area contributed by atoms with E-state index in [-0.39, 0.29) is 24.4 Å². The number of methoxy groups -OCH3 is 1. The van der Waals surface area contributed by atoms with E-state index in [1.165, 1.54) is 26.2 Å². The Morgan fingerprint density at radius 2 is 1.81 bits per heavy atom. The van der Waals surface area contributed by atoms with Crippen LogP contribution in [0.4, 0.5) is 0 Å². The van der Waals surface area contributed by atoms with Crippen LogP contribution in [0.5, 0.6) is 0 Å². The van der Waals surface area contributed by atoms with Crippen LogP contribution in [0.15, 0.2) is 48.1 Å². The number of esters is 2. The summed E-state index contributed by atoms with van der Waals surface area (Å²) >= 11 is 0. The zero-order valence-electron chi connectivity index (χ0n) is 15.0. The molecule has 1 unspecified atom stereocenters. The maximum absolute atomic E-state index is 11.3. The van der Waals surface area contributed by atoms with Crippen LogP contribution in [-0.2, 0) is 23.9 Å². The van der Waals surface area contributed by atoms with Gasteiger partial charge < -0.3 is 19.7 Å². The van der Waals surface area contributed by atoms with Crippen molar-refractivity contribution in [3.05, 3.63) is 48.1 Å². The number of carboxylic acids is 1. The summed E-state index contributed by atoms with van der Waals surface area (Å²) in [4.78, 5) is 32.4. The van der Waals surface area contributed by atoms with Crippen LogP contribution < -0.4 is 0 Å². The summed E-state index contributed by atoms with van der Waals surface area (Å²) in [5, 5.41) is 25.3. The van der Waals surface area contributed by atoms with Gasteiger partial charge >= 0.3 is 17.9 Å². The molecule has 2 N–H and O–H groups in total. The Kier molecular flexibility index (Phi) is 13.7. The number of nitriles is 1. The lowest BCUT2D eigenvalue weighted by molar-refractivity contribution is -0.140. The smallest absolute Gasteiger partial charge is 0.334 e. The van der Waals surface area contributed by atoms with Gasteiger partial charge in [0.2, 0.25) is 0 Å². The van der Waals surface area contributed by atoms with E-state index in [1.54, 1.807) is 13.0 Å². The van der Waals surface area contributed by atoms with Crippen molar-refractivity contribution >= 4 is 17.9 Å². The monoisotopic (exact) mass is 365 g/mol. The van der Waals surface area contributed by atoms with Crippen LogP contribution >= 0.6 is 0 Å². The molecular formula is C18H23NO7. The predicted octanol–water partition coefficient (Wildman–Crippen LogP) is 1.54. The molecule has 0 aliphatic rings. The molecule has 8 heteroatoms. The number of allylic oxidation sites excluding steroid dienone is 3. The summed E-state index contributed by atoms with van der Waals surface area (Å²) in [6, 6.07) is 1.76. The van der Waals surface area contributed by atoms with Gasteiger partial charge in [-0.15, -0.1) is 0 Å². The fraction of sp³-hybridized carbons (Fsp3) is 0.333. The topological polar surface area (TPSA) is 134 Å². The zero-order valence-corrected chi connectivity index (χ0v) is 15.0. The first-order valence-electron chi connectivity index (χ1n) is 7.30. The molecule has 0 aromatic rings. The molecule has 0 aliphatic carbocycles. The first-order valence-corrected chi connectivity index (χ1v) is 7.30. The van der Waals surface area contributed by atoms with Gasteiger partial charge in [0.05, 0.1) is 19.8 Å². The maximum atomic E-state index is 11.3. The summed E-state index contributed by atoms with van der Waals surface area (Å²) in [6.45, 7) is 9.72. The quantitative estimate of drug-likeness (QED) is 0.376. The summed E-state index contributed by atoms with van der Waals surface area (Å²) in [7, 11) is 1.20. The van der Waals surface area contributed by atoms with Gasteiger partial charge in [-0.3, -0.25) is 0 Å². The van der Waals surface area contributed by atoms with Crippen LogP contribution in [0.2, 0.25) is 0 Å². The van der Waals surface area contributed by atoms with Crippen molar-refractivity contribution in [2.24, 2.45) is 5.92 Å². The number of rotatable bonds is 8. The molecule has 26 heavy (non-hydrogen) atoms. The van der Waals surface area contributed by atoms with E-state index in [1.807, 2.05) is 0 Å². The number of aliphatic hydroxyl groups is 1. The Bertz CT molecular complexity index is 638. The van der Waals surface area contributed by atoms with Crippen molar-refractivity contribution in [3.63, 3.8) is 0 Å². The van der Waals surface area contributed by atoms with Crippen LogP contribution in [0.3, 0.4) is 0 Å². The van der Waals surface area contributed by atoms with Gasteiger partial charge in [0, 0.05) is 28.7 Å². The highest BCUT2D eigenvalue weighted by molar-refractivity contribution is 5.90. The summed E-state index contributed by atoms with van der Waals surface area (Å²) in [5.74, 6) is -2.87. The first-order chi connectivity index (χ1) is 12.1. The predicted molar refractivity (Wildman–Crippen MR) is 93.7 cm³/mol. The fourth-order valence-corrected chi connectivity index (χ4v) is 1.29. The minimum atomic E-state index is -1.10. The molecule has 0 aromatic carbocycles. The summed E-state index contributed by atoms with van der Waals surface area (Å²) < 4.78 is 8.95. The third-order valence-corrected chi connectivity index (χ3v) is 2.67. The molecule has 0 heterocycles. The van der Waals surface area contributed by atoms with E-state index in [9.17, 15) is 14.4 Å². The number of aliphatic hydroxyl groups excluding tert-OH is 1. The molecule has 0 saturated carbocycles. The maximum Gasteiger partial charge on any atom is 0.334 e. The number of carbonyl (C=O) groups is 3.